The topological polar surface area (TPSA) is 99.1 Å². The highest BCUT2D eigenvalue weighted by molar-refractivity contribution is 5.94. The van der Waals surface area contributed by atoms with Crippen LogP contribution in [0.25, 0.3) is 10.9 Å². The van der Waals surface area contributed by atoms with Crippen molar-refractivity contribution < 1.29 is 5.11 Å². The molecule has 2 rings (SSSR count). The van der Waals surface area contributed by atoms with Gasteiger partial charge in [-0.15, -0.1) is 10.2 Å². The Hall–Kier alpha value is -2.37. The van der Waals surface area contributed by atoms with Gasteiger partial charge in [-0.25, -0.2) is 0 Å². The van der Waals surface area contributed by atoms with Crippen LogP contribution in [0.3, 0.4) is 0 Å². The van der Waals surface area contributed by atoms with Crippen molar-refractivity contribution in [1.29, 1.82) is 0 Å². The predicted molar refractivity (Wildman–Crippen MR) is 66.8 cm³/mol. The molecule has 0 aliphatic rings. The lowest BCUT2D eigenvalue weighted by Crippen LogP contribution is -2.05. The van der Waals surface area contributed by atoms with E-state index in [4.69, 9.17) is 5.73 Å². The van der Waals surface area contributed by atoms with Gasteiger partial charge in [0.05, 0.1) is 5.52 Å². The lowest BCUT2D eigenvalue weighted by atomic mass is 10.2. The maximum Gasteiger partial charge on any atom is 0.235 e. The molecule has 0 aliphatic heterocycles. The molecule has 0 fully saturated rings. The molecule has 0 aliphatic carbocycles. The molecule has 0 unspecified atom stereocenters. The number of hydrogen-bond acceptors (Lipinski definition) is 3. The van der Waals surface area contributed by atoms with E-state index in [1.54, 1.807) is 0 Å². The lowest BCUT2D eigenvalue weighted by Gasteiger charge is -1.93. The average Bonchev–Trinajstić information content (AvgIpc) is 2.61. The molecular weight excluding hydrogens is 218 g/mol. The number of aromatic hydroxyl groups is 1. The normalized spacial score (nSPS) is 12.7. The number of nitrogens with two attached hydrogens (primary N) is 1. The molecule has 2 aromatic rings. The van der Waals surface area contributed by atoms with Crippen LogP contribution in [0.4, 0.5) is 5.69 Å². The number of aryl methyl sites for hydroxylation is 1. The number of azo groups is 1. The van der Waals surface area contributed by atoms with Crippen molar-refractivity contribution in [1.82, 2.24) is 4.98 Å². The Balaban J connectivity index is 2.56. The predicted octanol–water partition coefficient (Wildman–Crippen LogP) is 2.21. The molecule has 6 heteroatoms. The molecule has 0 atom stereocenters. The summed E-state index contributed by atoms with van der Waals surface area (Å²) in [6.45, 7) is 1.96. The molecule has 0 saturated carbocycles. The van der Waals surface area contributed by atoms with E-state index in [2.05, 4.69) is 20.2 Å². The number of H-pyrrole nitrogens is 1. The standard InChI is InChI=1S/C11H13N5O/c1-6-3-4-8-7(5-6)9(10(17)14-8)15-16-11(12)13-2/h3-5,14,17H,1-2H3,(H2,12,13). The van der Waals surface area contributed by atoms with Crippen LogP contribution in [0.1, 0.15) is 5.56 Å². The number of nitrogens with one attached hydrogen (secondary N) is 1. The van der Waals surface area contributed by atoms with E-state index in [1.807, 2.05) is 25.1 Å². The Morgan fingerprint density at radius 3 is 2.88 bits per heavy atom. The van der Waals surface area contributed by atoms with Crippen molar-refractivity contribution in [2.45, 2.75) is 6.92 Å². The smallest absolute Gasteiger partial charge is 0.235 e. The highest BCUT2D eigenvalue weighted by Crippen LogP contribution is 2.35. The molecule has 1 aromatic carbocycles. The van der Waals surface area contributed by atoms with E-state index in [1.165, 1.54) is 7.05 Å². The molecule has 1 heterocycles. The second-order valence-electron chi connectivity index (χ2n) is 3.65. The summed E-state index contributed by atoms with van der Waals surface area (Å²) >= 11 is 0. The fourth-order valence-electron chi connectivity index (χ4n) is 1.52. The Bertz CT molecular complexity index is 612. The van der Waals surface area contributed by atoms with Crippen LogP contribution in [0.5, 0.6) is 5.88 Å². The highest BCUT2D eigenvalue weighted by Gasteiger charge is 2.10. The van der Waals surface area contributed by atoms with Crippen LogP contribution >= 0.6 is 0 Å². The molecule has 88 valence electrons. The maximum absolute atomic E-state index is 9.72. The summed E-state index contributed by atoms with van der Waals surface area (Å²) in [5.41, 5.74) is 7.66. The number of aromatic amines is 1. The van der Waals surface area contributed by atoms with Gasteiger partial charge in [-0.3, -0.25) is 4.99 Å². The van der Waals surface area contributed by atoms with E-state index < -0.39 is 0 Å². The molecule has 1 aromatic heterocycles. The third kappa shape index (κ3) is 2.10. The van der Waals surface area contributed by atoms with Gasteiger partial charge >= 0.3 is 0 Å². The largest absolute Gasteiger partial charge is 0.493 e. The number of fused-ring (bicyclic) bond motifs is 1. The summed E-state index contributed by atoms with van der Waals surface area (Å²) in [5, 5.41) is 18.1. The minimum absolute atomic E-state index is 0.0294. The molecule has 17 heavy (non-hydrogen) atoms. The summed E-state index contributed by atoms with van der Waals surface area (Å²) in [6, 6.07) is 5.74. The van der Waals surface area contributed by atoms with Crippen LogP contribution < -0.4 is 5.73 Å². The number of nitrogens with zero attached hydrogens (tertiary/aromatic N) is 3. The van der Waals surface area contributed by atoms with E-state index in [9.17, 15) is 5.11 Å². The number of aliphatic imine (C=N–C) groups is 1. The van der Waals surface area contributed by atoms with Gasteiger partial charge in [0.25, 0.3) is 0 Å². The molecule has 0 bridgehead atoms. The average molecular weight is 231 g/mol. The summed E-state index contributed by atoms with van der Waals surface area (Å²) < 4.78 is 0. The number of rotatable bonds is 1. The van der Waals surface area contributed by atoms with E-state index in [0.29, 0.717) is 5.69 Å². The minimum Gasteiger partial charge on any atom is -0.493 e. The zero-order valence-corrected chi connectivity index (χ0v) is 9.60. The zero-order chi connectivity index (χ0) is 12.4. The number of hydrogen-bond donors (Lipinski definition) is 3. The van der Waals surface area contributed by atoms with Crippen molar-refractivity contribution in [3.8, 4) is 5.88 Å². The van der Waals surface area contributed by atoms with Crippen LogP contribution in [-0.4, -0.2) is 23.1 Å². The summed E-state index contributed by atoms with van der Waals surface area (Å²) in [4.78, 5) is 6.47. The minimum atomic E-state index is -0.0294. The molecule has 4 N–H and O–H groups in total. The highest BCUT2D eigenvalue weighted by atomic mass is 16.3. The van der Waals surface area contributed by atoms with Gasteiger partial charge in [-0.05, 0) is 19.1 Å². The number of benzene rings is 1. The molecule has 0 saturated heterocycles. The quantitative estimate of drug-likeness (QED) is 0.398. The van der Waals surface area contributed by atoms with Crippen molar-refractivity contribution in [3.05, 3.63) is 23.8 Å². The Morgan fingerprint density at radius 1 is 1.41 bits per heavy atom. The first-order valence-corrected chi connectivity index (χ1v) is 5.07. The molecule has 0 amide bonds. The fraction of sp³-hybridized carbons (Fsp3) is 0.182. The maximum atomic E-state index is 9.72. The van der Waals surface area contributed by atoms with Gasteiger partial charge < -0.3 is 15.8 Å². The Labute approximate surface area is 97.9 Å². The number of aromatic nitrogens is 1. The molecule has 6 nitrogen and oxygen atoms in total. The zero-order valence-electron chi connectivity index (χ0n) is 9.60. The van der Waals surface area contributed by atoms with Gasteiger partial charge in [0, 0.05) is 12.4 Å². The van der Waals surface area contributed by atoms with Crippen molar-refractivity contribution in [3.63, 3.8) is 0 Å². The summed E-state index contributed by atoms with van der Waals surface area (Å²) in [7, 11) is 1.52. The second-order valence-corrected chi connectivity index (χ2v) is 3.65. The third-order valence-corrected chi connectivity index (χ3v) is 2.39. The van der Waals surface area contributed by atoms with Gasteiger partial charge in [0.1, 0.15) is 0 Å². The fourth-order valence-corrected chi connectivity index (χ4v) is 1.52. The Morgan fingerprint density at radius 2 is 2.18 bits per heavy atom. The van der Waals surface area contributed by atoms with E-state index in [0.717, 1.165) is 16.5 Å². The summed E-state index contributed by atoms with van der Waals surface area (Å²) in [5.74, 6) is 0.0321. The SMILES string of the molecule is CN=C(N)N=Nc1c(O)[nH]c2ccc(C)cc12. The molecule has 0 radical (unpaired) electrons. The summed E-state index contributed by atoms with van der Waals surface area (Å²) in [6.07, 6.45) is 0. The van der Waals surface area contributed by atoms with Crippen LogP contribution in [0, 0.1) is 6.92 Å². The van der Waals surface area contributed by atoms with Gasteiger partial charge in [-0.2, -0.15) is 0 Å². The van der Waals surface area contributed by atoms with Crippen LogP contribution in [0.15, 0.2) is 33.4 Å². The second kappa shape index (κ2) is 4.25. The monoisotopic (exact) mass is 231 g/mol. The van der Waals surface area contributed by atoms with Crippen molar-refractivity contribution in [2.24, 2.45) is 21.0 Å². The van der Waals surface area contributed by atoms with E-state index >= 15 is 0 Å². The first kappa shape index (κ1) is 11.1. The Kier molecular flexibility index (Phi) is 2.78. The third-order valence-electron chi connectivity index (χ3n) is 2.39. The molecule has 0 spiro atoms. The van der Waals surface area contributed by atoms with Gasteiger partial charge in [0.2, 0.25) is 11.8 Å². The van der Waals surface area contributed by atoms with Crippen LogP contribution in [-0.2, 0) is 0 Å². The first-order chi connectivity index (χ1) is 8.11. The number of guanidine groups is 1. The van der Waals surface area contributed by atoms with Crippen molar-refractivity contribution >= 4 is 22.5 Å². The lowest BCUT2D eigenvalue weighted by molar-refractivity contribution is 0.459. The molecular formula is C11H13N5O. The first-order valence-electron chi connectivity index (χ1n) is 5.07. The van der Waals surface area contributed by atoms with Gasteiger partial charge in [-0.1, -0.05) is 11.6 Å². The van der Waals surface area contributed by atoms with Crippen molar-refractivity contribution in [2.75, 3.05) is 7.05 Å². The van der Waals surface area contributed by atoms with E-state index in [-0.39, 0.29) is 11.8 Å². The van der Waals surface area contributed by atoms with Crippen LogP contribution in [0.2, 0.25) is 0 Å². The van der Waals surface area contributed by atoms with Gasteiger partial charge in [0.15, 0.2) is 5.69 Å².